The highest BCUT2D eigenvalue weighted by Crippen LogP contribution is 2.07. The Balaban J connectivity index is 2.63. The van der Waals surface area contributed by atoms with Gasteiger partial charge in [-0.25, -0.2) is 0 Å². The minimum absolute atomic E-state index is 0.0497. The molecular weight excluding hydrogens is 242 g/mol. The fraction of sp³-hybridized carbons (Fsp3) is 0.400. The normalized spacial score (nSPS) is 9.63. The van der Waals surface area contributed by atoms with Crippen LogP contribution >= 0.6 is 0 Å². The second-order valence-electron chi connectivity index (χ2n) is 4.15. The van der Waals surface area contributed by atoms with Crippen LogP contribution in [0.3, 0.4) is 0 Å². The summed E-state index contributed by atoms with van der Waals surface area (Å²) in [5.74, 6) is 5.50. The summed E-state index contributed by atoms with van der Waals surface area (Å²) in [4.78, 5) is 13.4. The van der Waals surface area contributed by atoms with Gasteiger partial charge in [0.05, 0.1) is 13.0 Å². The van der Waals surface area contributed by atoms with Crippen molar-refractivity contribution in [2.45, 2.75) is 13.0 Å². The lowest BCUT2D eigenvalue weighted by Gasteiger charge is -2.17. The van der Waals surface area contributed by atoms with Gasteiger partial charge >= 0.3 is 0 Å². The molecule has 1 rings (SSSR count). The summed E-state index contributed by atoms with van der Waals surface area (Å²) in [6, 6.07) is 7.64. The first-order valence-electron chi connectivity index (χ1n) is 6.09. The fourth-order valence-corrected chi connectivity index (χ4v) is 1.63. The zero-order valence-electron chi connectivity index (χ0n) is 11.3. The molecule has 1 N–H and O–H groups in total. The van der Waals surface area contributed by atoms with E-state index in [0.29, 0.717) is 19.6 Å². The highest BCUT2D eigenvalue weighted by atomic mass is 16.5. The summed E-state index contributed by atoms with van der Waals surface area (Å²) < 4.78 is 4.89. The minimum atomic E-state index is -0.153. The number of nitrogens with zero attached hydrogens (tertiary/aromatic N) is 1. The Kier molecular flexibility index (Phi) is 6.65. The molecule has 0 fully saturated rings. The number of methoxy groups -OCH3 is 1. The van der Waals surface area contributed by atoms with Crippen molar-refractivity contribution in [2.24, 2.45) is 0 Å². The highest BCUT2D eigenvalue weighted by Gasteiger charge is 2.08. The van der Waals surface area contributed by atoms with Crippen molar-refractivity contribution in [3.8, 4) is 11.8 Å². The van der Waals surface area contributed by atoms with Gasteiger partial charge in [-0.15, -0.1) is 0 Å². The molecule has 0 heterocycles. The van der Waals surface area contributed by atoms with E-state index in [1.54, 1.807) is 19.1 Å². The maximum absolute atomic E-state index is 11.7. The summed E-state index contributed by atoms with van der Waals surface area (Å²) in [6.07, 6.45) is 0.386. The van der Waals surface area contributed by atoms with E-state index in [1.165, 1.54) is 0 Å². The highest BCUT2D eigenvalue weighted by molar-refractivity contribution is 5.75. The third-order valence-electron chi connectivity index (χ3n) is 2.60. The SMILES string of the molecule is COCCC(=O)N(C)Cc1cccc(C#CCO)c1. The molecule has 19 heavy (non-hydrogen) atoms. The monoisotopic (exact) mass is 261 g/mol. The van der Waals surface area contributed by atoms with Crippen LogP contribution in [0.15, 0.2) is 24.3 Å². The number of aliphatic hydroxyl groups is 1. The molecule has 0 radical (unpaired) electrons. The zero-order valence-corrected chi connectivity index (χ0v) is 11.3. The van der Waals surface area contributed by atoms with Gasteiger partial charge in [0.25, 0.3) is 0 Å². The van der Waals surface area contributed by atoms with Gasteiger partial charge in [0, 0.05) is 26.3 Å². The summed E-state index contributed by atoms with van der Waals surface area (Å²) in [6.45, 7) is 0.821. The van der Waals surface area contributed by atoms with E-state index < -0.39 is 0 Å². The van der Waals surface area contributed by atoms with E-state index in [2.05, 4.69) is 11.8 Å². The molecule has 0 aromatic heterocycles. The molecule has 1 aromatic carbocycles. The standard InChI is InChI=1S/C15H19NO3/c1-16(15(18)8-10-19-2)12-14-6-3-5-13(11-14)7-4-9-17/h3,5-6,11,17H,8-10,12H2,1-2H3. The quantitative estimate of drug-likeness (QED) is 0.805. The van der Waals surface area contributed by atoms with Crippen molar-refractivity contribution in [3.63, 3.8) is 0 Å². The Bertz CT molecular complexity index is 474. The van der Waals surface area contributed by atoms with Crippen LogP contribution in [0.1, 0.15) is 17.5 Å². The van der Waals surface area contributed by atoms with E-state index in [0.717, 1.165) is 11.1 Å². The van der Waals surface area contributed by atoms with Gasteiger partial charge in [-0.2, -0.15) is 0 Å². The number of carbonyl (C=O) groups excluding carboxylic acids is 1. The van der Waals surface area contributed by atoms with E-state index in [4.69, 9.17) is 9.84 Å². The number of hydrogen-bond donors (Lipinski definition) is 1. The number of hydrogen-bond acceptors (Lipinski definition) is 3. The number of carbonyl (C=O) groups is 1. The molecule has 0 spiro atoms. The van der Waals surface area contributed by atoms with Crippen molar-refractivity contribution in [3.05, 3.63) is 35.4 Å². The molecule has 0 aliphatic rings. The summed E-state index contributed by atoms with van der Waals surface area (Å²) in [5.41, 5.74) is 1.85. The Hall–Kier alpha value is -1.83. The molecule has 1 aromatic rings. The smallest absolute Gasteiger partial charge is 0.224 e. The topological polar surface area (TPSA) is 49.8 Å². The van der Waals surface area contributed by atoms with Crippen molar-refractivity contribution in [1.82, 2.24) is 4.90 Å². The lowest BCUT2D eigenvalue weighted by molar-refractivity contribution is -0.131. The third-order valence-corrected chi connectivity index (χ3v) is 2.60. The van der Waals surface area contributed by atoms with Gasteiger partial charge in [0.2, 0.25) is 5.91 Å². The van der Waals surface area contributed by atoms with Crippen LogP contribution in [0.25, 0.3) is 0 Å². The molecule has 0 bridgehead atoms. The number of rotatable bonds is 5. The predicted molar refractivity (Wildman–Crippen MR) is 73.4 cm³/mol. The number of ether oxygens (including phenoxy) is 1. The molecule has 0 saturated carbocycles. The lowest BCUT2D eigenvalue weighted by atomic mass is 10.1. The van der Waals surface area contributed by atoms with Crippen molar-refractivity contribution in [1.29, 1.82) is 0 Å². The Morgan fingerprint density at radius 2 is 2.26 bits per heavy atom. The van der Waals surface area contributed by atoms with Gasteiger partial charge in [0.1, 0.15) is 6.61 Å². The van der Waals surface area contributed by atoms with E-state index >= 15 is 0 Å². The fourth-order valence-electron chi connectivity index (χ4n) is 1.63. The average Bonchev–Trinajstić information content (AvgIpc) is 2.42. The summed E-state index contributed by atoms with van der Waals surface area (Å²) in [5, 5.41) is 8.66. The van der Waals surface area contributed by atoms with Crippen molar-refractivity contribution < 1.29 is 14.6 Å². The number of aliphatic hydroxyl groups excluding tert-OH is 1. The third kappa shape index (κ3) is 5.56. The Morgan fingerprint density at radius 3 is 2.95 bits per heavy atom. The Morgan fingerprint density at radius 1 is 1.47 bits per heavy atom. The molecule has 0 saturated heterocycles. The van der Waals surface area contributed by atoms with Gasteiger partial charge in [-0.1, -0.05) is 24.0 Å². The summed E-state index contributed by atoms with van der Waals surface area (Å²) in [7, 11) is 3.35. The molecule has 4 heteroatoms. The maximum Gasteiger partial charge on any atom is 0.224 e. The maximum atomic E-state index is 11.7. The first-order valence-corrected chi connectivity index (χ1v) is 6.09. The van der Waals surface area contributed by atoms with E-state index in [1.807, 2.05) is 24.3 Å². The first kappa shape index (κ1) is 15.2. The molecule has 1 amide bonds. The van der Waals surface area contributed by atoms with Crippen LogP contribution in [0, 0.1) is 11.8 Å². The molecule has 102 valence electrons. The molecule has 0 aliphatic heterocycles. The second-order valence-corrected chi connectivity index (χ2v) is 4.15. The van der Waals surface area contributed by atoms with Gasteiger partial charge < -0.3 is 14.7 Å². The van der Waals surface area contributed by atoms with Crippen LogP contribution in [-0.2, 0) is 16.1 Å². The van der Waals surface area contributed by atoms with Crippen LogP contribution in [0.4, 0.5) is 0 Å². The van der Waals surface area contributed by atoms with Crippen LogP contribution in [0.2, 0.25) is 0 Å². The molecule has 0 aliphatic carbocycles. The second kappa shape index (κ2) is 8.30. The lowest BCUT2D eigenvalue weighted by Crippen LogP contribution is -2.26. The minimum Gasteiger partial charge on any atom is -0.384 e. The average molecular weight is 261 g/mol. The van der Waals surface area contributed by atoms with Crippen LogP contribution < -0.4 is 0 Å². The molecule has 4 nitrogen and oxygen atoms in total. The molecule has 0 atom stereocenters. The number of amides is 1. The molecule has 0 unspecified atom stereocenters. The van der Waals surface area contributed by atoms with Crippen LogP contribution in [-0.4, -0.2) is 43.3 Å². The predicted octanol–water partition coefficient (Wildman–Crippen LogP) is 1.03. The van der Waals surface area contributed by atoms with E-state index in [-0.39, 0.29) is 12.5 Å². The number of benzene rings is 1. The van der Waals surface area contributed by atoms with E-state index in [9.17, 15) is 4.79 Å². The summed E-state index contributed by atoms with van der Waals surface area (Å²) >= 11 is 0. The largest absolute Gasteiger partial charge is 0.384 e. The van der Waals surface area contributed by atoms with Crippen molar-refractivity contribution in [2.75, 3.05) is 27.4 Å². The van der Waals surface area contributed by atoms with Gasteiger partial charge in [-0.3, -0.25) is 4.79 Å². The zero-order chi connectivity index (χ0) is 14.1. The van der Waals surface area contributed by atoms with Crippen molar-refractivity contribution >= 4 is 5.91 Å². The van der Waals surface area contributed by atoms with Gasteiger partial charge in [0.15, 0.2) is 0 Å². The molecular formula is C15H19NO3. The van der Waals surface area contributed by atoms with Crippen LogP contribution in [0.5, 0.6) is 0 Å². The first-order chi connectivity index (χ1) is 9.17. The van der Waals surface area contributed by atoms with Gasteiger partial charge in [-0.05, 0) is 17.7 Å². The Labute approximate surface area is 114 Å².